The van der Waals surface area contributed by atoms with Gasteiger partial charge in [-0.2, -0.15) is 5.26 Å². The van der Waals surface area contributed by atoms with Gasteiger partial charge in [0.1, 0.15) is 0 Å². The summed E-state index contributed by atoms with van der Waals surface area (Å²) in [5, 5.41) is 8.43. The molecule has 2 nitrogen and oxygen atoms in total. The van der Waals surface area contributed by atoms with Crippen molar-refractivity contribution in [3.05, 3.63) is 0 Å². The molecular weight excluding hydrogens is 160 g/mol. The van der Waals surface area contributed by atoms with Gasteiger partial charge in [0.15, 0.2) is 0 Å². The first-order chi connectivity index (χ1) is 6.22. The minimum atomic E-state index is 0.625. The molecule has 1 atom stereocenters. The Morgan fingerprint density at radius 2 is 2.08 bits per heavy atom. The van der Waals surface area contributed by atoms with Crippen LogP contribution in [0.15, 0.2) is 0 Å². The summed E-state index contributed by atoms with van der Waals surface area (Å²) < 4.78 is 0. The molecule has 0 saturated carbocycles. The Morgan fingerprint density at radius 1 is 1.38 bits per heavy atom. The van der Waals surface area contributed by atoms with Gasteiger partial charge in [-0.3, -0.25) is 0 Å². The number of hydrogen-bond acceptors (Lipinski definition) is 2. The second-order valence-electron chi connectivity index (χ2n) is 3.73. The van der Waals surface area contributed by atoms with Crippen LogP contribution in [0, 0.1) is 11.3 Å². The topological polar surface area (TPSA) is 27.0 Å². The molecule has 76 valence electrons. The van der Waals surface area contributed by atoms with Crippen LogP contribution < -0.4 is 0 Å². The van der Waals surface area contributed by atoms with E-state index in [0.717, 1.165) is 6.54 Å². The van der Waals surface area contributed by atoms with Crippen molar-refractivity contribution in [1.29, 1.82) is 5.26 Å². The van der Waals surface area contributed by atoms with Gasteiger partial charge in [0.25, 0.3) is 0 Å². The van der Waals surface area contributed by atoms with Crippen molar-refractivity contribution in [2.75, 3.05) is 13.6 Å². The first kappa shape index (κ1) is 12.4. The lowest BCUT2D eigenvalue weighted by atomic mass is 10.1. The highest BCUT2D eigenvalue weighted by Gasteiger charge is 2.07. The Hall–Kier alpha value is -0.550. The van der Waals surface area contributed by atoms with Crippen LogP contribution in [0.25, 0.3) is 0 Å². The Bertz CT molecular complexity index is 149. The summed E-state index contributed by atoms with van der Waals surface area (Å²) in [5.74, 6) is 0. The highest BCUT2D eigenvalue weighted by atomic mass is 15.1. The predicted octanol–water partition coefficient (Wildman–Crippen LogP) is 2.80. The third-order valence-electron chi connectivity index (χ3n) is 2.55. The van der Waals surface area contributed by atoms with Crippen molar-refractivity contribution < 1.29 is 0 Å². The molecule has 0 aromatic heterocycles. The largest absolute Gasteiger partial charge is 0.303 e. The van der Waals surface area contributed by atoms with E-state index in [-0.39, 0.29) is 0 Å². The van der Waals surface area contributed by atoms with Crippen LogP contribution in [0.3, 0.4) is 0 Å². The second-order valence-corrected chi connectivity index (χ2v) is 3.73. The van der Waals surface area contributed by atoms with Crippen molar-refractivity contribution in [3.63, 3.8) is 0 Å². The van der Waals surface area contributed by atoms with E-state index < -0.39 is 0 Å². The Kier molecular flexibility index (Phi) is 7.73. The quantitative estimate of drug-likeness (QED) is 0.566. The van der Waals surface area contributed by atoms with E-state index in [1.807, 2.05) is 0 Å². The lowest BCUT2D eigenvalue weighted by Gasteiger charge is -2.23. The van der Waals surface area contributed by atoms with Gasteiger partial charge in [-0.25, -0.2) is 0 Å². The van der Waals surface area contributed by atoms with Gasteiger partial charge in [-0.1, -0.05) is 26.2 Å². The van der Waals surface area contributed by atoms with E-state index in [2.05, 4.69) is 31.9 Å². The molecule has 0 unspecified atom stereocenters. The first-order valence-corrected chi connectivity index (χ1v) is 5.29. The highest BCUT2D eigenvalue weighted by Crippen LogP contribution is 2.08. The molecule has 0 heterocycles. The number of hydrogen-bond donors (Lipinski definition) is 0. The fraction of sp³-hybridized carbons (Fsp3) is 0.909. The van der Waals surface area contributed by atoms with Crippen molar-refractivity contribution in [1.82, 2.24) is 4.90 Å². The Balaban J connectivity index is 3.45. The summed E-state index contributed by atoms with van der Waals surface area (Å²) >= 11 is 0. The number of nitrogens with zero attached hydrogens (tertiary/aromatic N) is 2. The van der Waals surface area contributed by atoms with Gasteiger partial charge in [-0.05, 0) is 20.4 Å². The summed E-state index contributed by atoms with van der Waals surface area (Å²) in [6.45, 7) is 5.38. The van der Waals surface area contributed by atoms with Crippen molar-refractivity contribution in [2.24, 2.45) is 0 Å². The Morgan fingerprint density at radius 3 is 2.62 bits per heavy atom. The second kappa shape index (κ2) is 8.07. The third kappa shape index (κ3) is 6.60. The molecule has 0 aliphatic carbocycles. The monoisotopic (exact) mass is 182 g/mol. The molecule has 0 spiro atoms. The molecule has 0 radical (unpaired) electrons. The standard InChI is InChI=1S/C11H22N2/c1-4-5-6-8-11(2)13(3)10-7-9-12/h11H,4-8,10H2,1-3H3/t11-/m0/s1. The van der Waals surface area contributed by atoms with E-state index in [0.29, 0.717) is 12.5 Å². The van der Waals surface area contributed by atoms with Crippen LogP contribution in [0.4, 0.5) is 0 Å². The molecule has 0 aromatic carbocycles. The molecule has 0 fully saturated rings. The van der Waals surface area contributed by atoms with Crippen molar-refractivity contribution in [3.8, 4) is 6.07 Å². The molecule has 0 aliphatic rings. The fourth-order valence-electron chi connectivity index (χ4n) is 1.36. The molecule has 0 aromatic rings. The van der Waals surface area contributed by atoms with Crippen LogP contribution in [-0.2, 0) is 0 Å². The van der Waals surface area contributed by atoms with Gasteiger partial charge in [-0.15, -0.1) is 0 Å². The maximum atomic E-state index is 8.43. The van der Waals surface area contributed by atoms with Gasteiger partial charge >= 0.3 is 0 Å². The van der Waals surface area contributed by atoms with Crippen LogP contribution in [0.1, 0.15) is 46.0 Å². The van der Waals surface area contributed by atoms with E-state index in [1.165, 1.54) is 25.7 Å². The average molecular weight is 182 g/mol. The molecular formula is C11H22N2. The zero-order valence-electron chi connectivity index (χ0n) is 9.21. The van der Waals surface area contributed by atoms with Gasteiger partial charge in [0.2, 0.25) is 0 Å². The SMILES string of the molecule is CCCCC[C@H](C)N(C)CCC#N. The summed E-state index contributed by atoms with van der Waals surface area (Å²) in [6.07, 6.45) is 5.84. The zero-order chi connectivity index (χ0) is 10.1. The summed E-state index contributed by atoms with van der Waals surface area (Å²) in [5.41, 5.74) is 0. The van der Waals surface area contributed by atoms with Crippen LogP contribution in [0.5, 0.6) is 0 Å². The normalized spacial score (nSPS) is 12.8. The minimum Gasteiger partial charge on any atom is -0.303 e. The number of nitriles is 1. The summed E-state index contributed by atoms with van der Waals surface area (Å²) in [4.78, 5) is 2.28. The maximum absolute atomic E-state index is 8.43. The molecule has 0 bridgehead atoms. The van der Waals surface area contributed by atoms with Crippen LogP contribution in [0.2, 0.25) is 0 Å². The van der Waals surface area contributed by atoms with Crippen molar-refractivity contribution >= 4 is 0 Å². The lowest BCUT2D eigenvalue weighted by Crippen LogP contribution is -2.29. The van der Waals surface area contributed by atoms with Crippen LogP contribution in [-0.4, -0.2) is 24.5 Å². The third-order valence-corrected chi connectivity index (χ3v) is 2.55. The van der Waals surface area contributed by atoms with Crippen LogP contribution >= 0.6 is 0 Å². The van der Waals surface area contributed by atoms with E-state index in [9.17, 15) is 0 Å². The number of unbranched alkanes of at least 4 members (excludes halogenated alkanes) is 2. The van der Waals surface area contributed by atoms with Gasteiger partial charge in [0.05, 0.1) is 6.07 Å². The predicted molar refractivity (Wildman–Crippen MR) is 56.5 cm³/mol. The first-order valence-electron chi connectivity index (χ1n) is 5.29. The zero-order valence-corrected chi connectivity index (χ0v) is 9.21. The van der Waals surface area contributed by atoms with E-state index in [1.54, 1.807) is 0 Å². The highest BCUT2D eigenvalue weighted by molar-refractivity contribution is 4.73. The Labute approximate surface area is 82.5 Å². The van der Waals surface area contributed by atoms with Gasteiger partial charge < -0.3 is 4.90 Å². The lowest BCUT2D eigenvalue weighted by molar-refractivity contribution is 0.247. The fourth-order valence-corrected chi connectivity index (χ4v) is 1.36. The molecule has 2 heteroatoms. The van der Waals surface area contributed by atoms with E-state index >= 15 is 0 Å². The molecule has 0 N–H and O–H groups in total. The smallest absolute Gasteiger partial charge is 0.0635 e. The summed E-state index contributed by atoms with van der Waals surface area (Å²) in [7, 11) is 2.11. The average Bonchev–Trinajstić information content (AvgIpc) is 2.14. The van der Waals surface area contributed by atoms with Gasteiger partial charge in [0, 0.05) is 19.0 Å². The molecule has 0 rings (SSSR count). The maximum Gasteiger partial charge on any atom is 0.0635 e. The van der Waals surface area contributed by atoms with Crippen molar-refractivity contribution in [2.45, 2.75) is 52.0 Å². The van der Waals surface area contributed by atoms with E-state index in [4.69, 9.17) is 5.26 Å². The number of rotatable bonds is 7. The minimum absolute atomic E-state index is 0.625. The molecule has 0 amide bonds. The molecule has 0 saturated heterocycles. The molecule has 13 heavy (non-hydrogen) atoms. The summed E-state index contributed by atoms with van der Waals surface area (Å²) in [6, 6.07) is 2.80. The molecule has 0 aliphatic heterocycles.